The van der Waals surface area contributed by atoms with Crippen LogP contribution in [-0.4, -0.2) is 37.4 Å². The lowest BCUT2D eigenvalue weighted by Crippen LogP contribution is -2.19. The summed E-state index contributed by atoms with van der Waals surface area (Å²) < 4.78 is 15.6. The minimum atomic E-state index is -0.483. The predicted molar refractivity (Wildman–Crippen MR) is 117 cm³/mol. The molecule has 0 atom stereocenters. The van der Waals surface area contributed by atoms with Gasteiger partial charge in [-0.2, -0.15) is 0 Å². The van der Waals surface area contributed by atoms with Gasteiger partial charge in [-0.05, 0) is 67.1 Å². The number of aliphatic imine (C=N–C) groups is 1. The van der Waals surface area contributed by atoms with Crippen molar-refractivity contribution in [3.05, 3.63) is 58.5 Å². The summed E-state index contributed by atoms with van der Waals surface area (Å²) in [5.74, 6) is 0.209. The number of thioether (sulfide) groups is 1. The number of hydrogen-bond donors (Lipinski definition) is 1. The van der Waals surface area contributed by atoms with Crippen molar-refractivity contribution in [3.8, 4) is 11.5 Å². The summed E-state index contributed by atoms with van der Waals surface area (Å²) >= 11 is 1.27. The lowest BCUT2D eigenvalue weighted by Gasteiger charge is -2.12. The lowest BCUT2D eigenvalue weighted by molar-refractivity contribution is -0.142. The van der Waals surface area contributed by atoms with E-state index in [0.29, 0.717) is 28.2 Å². The zero-order valence-corrected chi connectivity index (χ0v) is 17.7. The monoisotopic (exact) mass is 426 g/mol. The van der Waals surface area contributed by atoms with E-state index in [1.807, 2.05) is 38.1 Å². The van der Waals surface area contributed by atoms with Crippen molar-refractivity contribution in [1.82, 2.24) is 5.32 Å². The largest absolute Gasteiger partial charge is 0.490 e. The van der Waals surface area contributed by atoms with Crippen LogP contribution in [0.1, 0.15) is 18.1 Å². The van der Waals surface area contributed by atoms with Gasteiger partial charge in [0.15, 0.2) is 23.3 Å². The van der Waals surface area contributed by atoms with Crippen LogP contribution in [0.25, 0.3) is 6.08 Å². The van der Waals surface area contributed by atoms with E-state index in [1.54, 1.807) is 24.3 Å². The average molecular weight is 426 g/mol. The summed E-state index contributed by atoms with van der Waals surface area (Å²) in [6, 6.07) is 13.0. The number of rotatable bonds is 7. The molecular formula is C22H22N2O5S. The summed E-state index contributed by atoms with van der Waals surface area (Å²) in [5, 5.41) is 3.31. The number of hydrogen-bond acceptors (Lipinski definition) is 7. The molecule has 0 spiro atoms. The summed E-state index contributed by atoms with van der Waals surface area (Å²) in [4.78, 5) is 28.7. The van der Waals surface area contributed by atoms with Crippen LogP contribution in [0.2, 0.25) is 0 Å². The van der Waals surface area contributed by atoms with Gasteiger partial charge in [0.25, 0.3) is 5.91 Å². The van der Waals surface area contributed by atoms with Crippen LogP contribution in [0.3, 0.4) is 0 Å². The van der Waals surface area contributed by atoms with Crippen molar-refractivity contribution in [2.45, 2.75) is 13.8 Å². The molecule has 1 aliphatic heterocycles. The first-order chi connectivity index (χ1) is 14.5. The standard InChI is InChI=1S/C22H22N2O5S/c1-4-28-18-11-15(8-9-17(18)29-13-20(25)27-3)12-19-21(26)24-22(30-19)23-16-7-5-6-14(2)10-16/h5-12H,4,13H2,1-3H3,(H,23,24,26)/b19-12+. The maximum Gasteiger partial charge on any atom is 0.343 e. The molecule has 0 radical (unpaired) electrons. The van der Waals surface area contributed by atoms with E-state index >= 15 is 0 Å². The van der Waals surface area contributed by atoms with Gasteiger partial charge in [0.2, 0.25) is 0 Å². The van der Waals surface area contributed by atoms with Gasteiger partial charge in [-0.3, -0.25) is 4.79 Å². The number of carbonyl (C=O) groups is 2. The highest BCUT2D eigenvalue weighted by Gasteiger charge is 2.24. The number of aryl methyl sites for hydroxylation is 1. The van der Waals surface area contributed by atoms with Crippen LogP contribution in [0, 0.1) is 6.92 Å². The number of methoxy groups -OCH3 is 1. The van der Waals surface area contributed by atoms with E-state index in [0.717, 1.165) is 16.8 Å². The Hall–Kier alpha value is -3.26. The Balaban J connectivity index is 1.79. The molecule has 1 saturated heterocycles. The van der Waals surface area contributed by atoms with Gasteiger partial charge in [-0.25, -0.2) is 9.79 Å². The first-order valence-corrected chi connectivity index (χ1v) is 10.1. The molecule has 0 saturated carbocycles. The van der Waals surface area contributed by atoms with Crippen LogP contribution in [0.4, 0.5) is 5.69 Å². The Bertz CT molecular complexity index is 1020. The van der Waals surface area contributed by atoms with Crippen LogP contribution in [-0.2, 0) is 14.3 Å². The summed E-state index contributed by atoms with van der Waals surface area (Å²) in [7, 11) is 1.30. The van der Waals surface area contributed by atoms with Crippen molar-refractivity contribution in [1.29, 1.82) is 0 Å². The Labute approximate surface area is 179 Å². The number of nitrogens with zero attached hydrogens (tertiary/aromatic N) is 1. The smallest absolute Gasteiger partial charge is 0.343 e. The highest BCUT2D eigenvalue weighted by atomic mass is 32.2. The predicted octanol–water partition coefficient (Wildman–Crippen LogP) is 3.84. The van der Waals surface area contributed by atoms with E-state index in [2.05, 4.69) is 15.0 Å². The van der Waals surface area contributed by atoms with Crippen molar-refractivity contribution < 1.29 is 23.8 Å². The van der Waals surface area contributed by atoms with E-state index < -0.39 is 5.97 Å². The minimum Gasteiger partial charge on any atom is -0.490 e. The SMILES string of the molecule is CCOc1cc(/C=C2/SC(=Nc3cccc(C)c3)NC2=O)ccc1OCC(=O)OC. The second-order valence-electron chi connectivity index (χ2n) is 6.32. The molecule has 1 heterocycles. The number of nitrogens with one attached hydrogen (secondary N) is 1. The van der Waals surface area contributed by atoms with Crippen molar-refractivity contribution in [3.63, 3.8) is 0 Å². The van der Waals surface area contributed by atoms with E-state index in [-0.39, 0.29) is 12.5 Å². The van der Waals surface area contributed by atoms with Crippen molar-refractivity contribution >= 4 is 40.6 Å². The Kier molecular flexibility index (Phi) is 7.13. The fraction of sp³-hybridized carbons (Fsp3) is 0.227. The van der Waals surface area contributed by atoms with Crippen LogP contribution < -0.4 is 14.8 Å². The topological polar surface area (TPSA) is 86.2 Å². The molecule has 1 N–H and O–H groups in total. The maximum atomic E-state index is 12.3. The molecule has 2 aromatic rings. The van der Waals surface area contributed by atoms with Gasteiger partial charge in [0.1, 0.15) is 0 Å². The third-order valence-corrected chi connectivity index (χ3v) is 4.93. The molecule has 1 aliphatic rings. The van der Waals surface area contributed by atoms with E-state index in [4.69, 9.17) is 9.47 Å². The number of amidine groups is 1. The number of benzene rings is 2. The molecule has 156 valence electrons. The normalized spacial score (nSPS) is 15.9. The van der Waals surface area contributed by atoms with Crippen molar-refractivity contribution in [2.75, 3.05) is 20.3 Å². The van der Waals surface area contributed by atoms with Gasteiger partial charge in [0, 0.05) is 0 Å². The Morgan fingerprint density at radius 3 is 2.73 bits per heavy atom. The van der Waals surface area contributed by atoms with Gasteiger partial charge in [0.05, 0.1) is 24.3 Å². The van der Waals surface area contributed by atoms with Gasteiger partial charge in [-0.15, -0.1) is 0 Å². The molecular weight excluding hydrogens is 404 g/mol. The van der Waals surface area contributed by atoms with Gasteiger partial charge in [-0.1, -0.05) is 18.2 Å². The van der Waals surface area contributed by atoms with Crippen LogP contribution in [0.15, 0.2) is 52.4 Å². The Morgan fingerprint density at radius 1 is 1.17 bits per heavy atom. The lowest BCUT2D eigenvalue weighted by atomic mass is 10.2. The molecule has 7 nitrogen and oxygen atoms in total. The molecule has 0 aromatic heterocycles. The Morgan fingerprint density at radius 2 is 2.00 bits per heavy atom. The molecule has 2 aromatic carbocycles. The minimum absolute atomic E-state index is 0.213. The van der Waals surface area contributed by atoms with Crippen LogP contribution >= 0.6 is 11.8 Å². The van der Waals surface area contributed by atoms with Crippen LogP contribution in [0.5, 0.6) is 11.5 Å². The molecule has 3 rings (SSSR count). The third kappa shape index (κ3) is 5.64. The molecule has 30 heavy (non-hydrogen) atoms. The molecule has 1 fully saturated rings. The average Bonchev–Trinajstić information content (AvgIpc) is 3.06. The summed E-state index contributed by atoms with van der Waals surface area (Å²) in [6.07, 6.45) is 1.76. The quantitative estimate of drug-likeness (QED) is 0.535. The number of carbonyl (C=O) groups excluding carboxylic acids is 2. The fourth-order valence-electron chi connectivity index (χ4n) is 2.64. The summed E-state index contributed by atoms with van der Waals surface area (Å²) in [5.41, 5.74) is 2.64. The zero-order chi connectivity index (χ0) is 21.5. The van der Waals surface area contributed by atoms with Gasteiger partial charge >= 0.3 is 5.97 Å². The molecule has 1 amide bonds. The van der Waals surface area contributed by atoms with Gasteiger partial charge < -0.3 is 19.5 Å². The highest BCUT2D eigenvalue weighted by Crippen LogP contribution is 2.32. The molecule has 8 heteroatoms. The van der Waals surface area contributed by atoms with Crippen molar-refractivity contribution in [2.24, 2.45) is 4.99 Å². The number of amides is 1. The third-order valence-electron chi connectivity index (χ3n) is 4.02. The summed E-state index contributed by atoms with van der Waals surface area (Å²) in [6.45, 7) is 4.05. The number of ether oxygens (including phenoxy) is 3. The fourth-order valence-corrected chi connectivity index (χ4v) is 3.49. The maximum absolute atomic E-state index is 12.3. The zero-order valence-electron chi connectivity index (χ0n) is 16.9. The van der Waals surface area contributed by atoms with E-state index in [9.17, 15) is 9.59 Å². The molecule has 0 aliphatic carbocycles. The molecule has 0 bridgehead atoms. The number of esters is 1. The van der Waals surface area contributed by atoms with E-state index in [1.165, 1.54) is 18.9 Å². The first kappa shape index (κ1) is 21.4. The molecule has 0 unspecified atom stereocenters. The second-order valence-corrected chi connectivity index (χ2v) is 7.36. The second kappa shape index (κ2) is 9.98. The first-order valence-electron chi connectivity index (χ1n) is 9.31. The highest BCUT2D eigenvalue weighted by molar-refractivity contribution is 8.18.